The number of nitrogens with zero attached hydrogens (tertiary/aromatic N) is 2. The Labute approximate surface area is 209 Å². The first-order valence-corrected chi connectivity index (χ1v) is 13.5. The van der Waals surface area contributed by atoms with Crippen LogP contribution in [0.3, 0.4) is 0 Å². The first-order chi connectivity index (χ1) is 16.4. The van der Waals surface area contributed by atoms with Gasteiger partial charge in [-0.25, -0.2) is 8.42 Å². The molecule has 192 valence electrons. The van der Waals surface area contributed by atoms with Gasteiger partial charge >= 0.3 is 0 Å². The van der Waals surface area contributed by atoms with E-state index in [0.717, 1.165) is 16.1 Å². The summed E-state index contributed by atoms with van der Waals surface area (Å²) in [5.41, 5.74) is 0.893. The number of ether oxygens (including phenoxy) is 1. The van der Waals surface area contributed by atoms with Crippen LogP contribution in [0.15, 0.2) is 54.6 Å². The molecule has 8 nitrogen and oxygen atoms in total. The minimum atomic E-state index is -3.77. The van der Waals surface area contributed by atoms with Crippen molar-refractivity contribution in [3.8, 4) is 5.75 Å². The zero-order chi connectivity index (χ0) is 26.2. The molecule has 1 N–H and O–H groups in total. The molecule has 0 spiro atoms. The number of carbonyl (C=O) groups excluding carboxylic acids is 2. The summed E-state index contributed by atoms with van der Waals surface area (Å²) in [5.74, 6) is -0.141. The molecule has 0 saturated heterocycles. The second-order valence-electron chi connectivity index (χ2n) is 9.45. The molecule has 2 amide bonds. The molecule has 0 heterocycles. The van der Waals surface area contributed by atoms with Crippen molar-refractivity contribution in [1.82, 2.24) is 10.2 Å². The molecule has 0 bridgehead atoms. The van der Waals surface area contributed by atoms with Gasteiger partial charge in [0.25, 0.3) is 0 Å². The number of hydrogen-bond donors (Lipinski definition) is 1. The Morgan fingerprint density at radius 2 is 1.63 bits per heavy atom. The summed E-state index contributed by atoms with van der Waals surface area (Å²) in [4.78, 5) is 28.2. The molecular weight excluding hydrogens is 466 g/mol. The lowest BCUT2D eigenvalue weighted by Crippen LogP contribution is -2.56. The summed E-state index contributed by atoms with van der Waals surface area (Å²) >= 11 is 0. The molecule has 0 aromatic heterocycles. The molecule has 2 aromatic rings. The monoisotopic (exact) mass is 503 g/mol. The number of rotatable bonds is 11. The number of anilines is 1. The van der Waals surface area contributed by atoms with Crippen molar-refractivity contribution in [1.29, 1.82) is 0 Å². The fourth-order valence-electron chi connectivity index (χ4n) is 3.71. The van der Waals surface area contributed by atoms with E-state index < -0.39 is 34.1 Å². The van der Waals surface area contributed by atoms with E-state index in [2.05, 4.69) is 5.32 Å². The highest BCUT2D eigenvalue weighted by atomic mass is 32.2. The van der Waals surface area contributed by atoms with Gasteiger partial charge in [-0.15, -0.1) is 0 Å². The van der Waals surface area contributed by atoms with Crippen LogP contribution in [0, 0.1) is 0 Å². The van der Waals surface area contributed by atoms with Crippen LogP contribution in [0.4, 0.5) is 5.69 Å². The van der Waals surface area contributed by atoms with E-state index in [9.17, 15) is 18.0 Å². The average molecular weight is 504 g/mol. The molecule has 1 atom stereocenters. The van der Waals surface area contributed by atoms with Crippen molar-refractivity contribution in [3.63, 3.8) is 0 Å². The highest BCUT2D eigenvalue weighted by Gasteiger charge is 2.32. The highest BCUT2D eigenvalue weighted by molar-refractivity contribution is 7.92. The maximum atomic E-state index is 13.6. The number of carbonyl (C=O) groups is 2. The fourth-order valence-corrected chi connectivity index (χ4v) is 4.56. The lowest BCUT2D eigenvalue weighted by molar-refractivity contribution is -0.140. The number of methoxy groups -OCH3 is 1. The van der Waals surface area contributed by atoms with E-state index in [-0.39, 0.29) is 12.5 Å². The Morgan fingerprint density at radius 3 is 2.11 bits per heavy atom. The Kier molecular flexibility index (Phi) is 9.71. The van der Waals surface area contributed by atoms with E-state index in [1.807, 2.05) is 58.0 Å². The van der Waals surface area contributed by atoms with Gasteiger partial charge in [-0.1, -0.05) is 37.3 Å². The molecule has 0 aliphatic rings. The van der Waals surface area contributed by atoms with E-state index in [0.29, 0.717) is 24.3 Å². The lowest BCUT2D eigenvalue weighted by atomic mass is 10.1. The lowest BCUT2D eigenvalue weighted by Gasteiger charge is -2.34. The summed E-state index contributed by atoms with van der Waals surface area (Å²) in [6, 6.07) is 15.4. The molecular formula is C26H37N3O5S. The van der Waals surface area contributed by atoms with Gasteiger partial charge in [0.05, 0.1) is 19.1 Å². The third kappa shape index (κ3) is 8.58. The predicted molar refractivity (Wildman–Crippen MR) is 139 cm³/mol. The SMILES string of the molecule is CCC(C(=O)NC(C)(C)C)N(CCc1ccccc1)C(=O)CN(c1ccc(OC)cc1)S(C)(=O)=O. The van der Waals surface area contributed by atoms with Gasteiger partial charge in [-0.3, -0.25) is 13.9 Å². The number of hydrogen-bond acceptors (Lipinski definition) is 5. The second kappa shape index (κ2) is 12.1. The summed E-state index contributed by atoms with van der Waals surface area (Å²) < 4.78 is 31.5. The molecule has 1 unspecified atom stereocenters. The molecule has 2 aromatic carbocycles. The van der Waals surface area contributed by atoms with Crippen molar-refractivity contribution in [2.45, 2.75) is 52.1 Å². The first-order valence-electron chi connectivity index (χ1n) is 11.6. The van der Waals surface area contributed by atoms with Gasteiger partial charge in [0.15, 0.2) is 0 Å². The summed E-state index contributed by atoms with van der Waals surface area (Å²) in [6.45, 7) is 7.33. The van der Waals surface area contributed by atoms with Crippen LogP contribution >= 0.6 is 0 Å². The van der Waals surface area contributed by atoms with Gasteiger partial charge in [-0.05, 0) is 63.4 Å². The number of sulfonamides is 1. The smallest absolute Gasteiger partial charge is 0.244 e. The van der Waals surface area contributed by atoms with Crippen molar-refractivity contribution in [2.24, 2.45) is 0 Å². The Balaban J connectivity index is 2.37. The van der Waals surface area contributed by atoms with Crippen molar-refractivity contribution in [2.75, 3.05) is 30.8 Å². The highest BCUT2D eigenvalue weighted by Crippen LogP contribution is 2.22. The zero-order valence-corrected chi connectivity index (χ0v) is 22.3. The summed E-state index contributed by atoms with van der Waals surface area (Å²) in [5, 5.41) is 2.95. The number of amides is 2. The van der Waals surface area contributed by atoms with E-state index >= 15 is 0 Å². The number of benzene rings is 2. The summed E-state index contributed by atoms with van der Waals surface area (Å²) in [7, 11) is -2.25. The van der Waals surface area contributed by atoms with Crippen LogP contribution in [0.2, 0.25) is 0 Å². The predicted octanol–water partition coefficient (Wildman–Crippen LogP) is 3.23. The zero-order valence-electron chi connectivity index (χ0n) is 21.4. The van der Waals surface area contributed by atoms with Crippen molar-refractivity contribution < 1.29 is 22.7 Å². The van der Waals surface area contributed by atoms with E-state index in [1.165, 1.54) is 12.0 Å². The molecule has 0 fully saturated rings. The third-order valence-corrected chi connectivity index (χ3v) is 6.55. The van der Waals surface area contributed by atoms with Gasteiger partial charge < -0.3 is 15.0 Å². The van der Waals surface area contributed by atoms with Gasteiger partial charge in [0.2, 0.25) is 21.8 Å². The van der Waals surface area contributed by atoms with Crippen LogP contribution in [0.5, 0.6) is 5.75 Å². The van der Waals surface area contributed by atoms with Crippen LogP contribution in [0.25, 0.3) is 0 Å². The second-order valence-corrected chi connectivity index (χ2v) is 11.4. The molecule has 0 aliphatic heterocycles. The number of nitrogens with one attached hydrogen (secondary N) is 1. The van der Waals surface area contributed by atoms with E-state index in [4.69, 9.17) is 4.74 Å². The Morgan fingerprint density at radius 1 is 1.03 bits per heavy atom. The minimum absolute atomic E-state index is 0.267. The fraction of sp³-hybridized carbons (Fsp3) is 0.462. The largest absolute Gasteiger partial charge is 0.497 e. The molecule has 35 heavy (non-hydrogen) atoms. The standard InChI is InChI=1S/C26H37N3O5S/c1-7-23(25(31)27-26(2,3)4)28(18-17-20-11-9-8-10-12-20)24(30)19-29(35(6,32)33)21-13-15-22(34-5)16-14-21/h8-16,23H,7,17-19H2,1-6H3,(H,27,31). The summed E-state index contributed by atoms with van der Waals surface area (Å²) in [6.07, 6.45) is 1.99. The maximum Gasteiger partial charge on any atom is 0.244 e. The van der Waals surface area contributed by atoms with Crippen LogP contribution in [-0.2, 0) is 26.0 Å². The first kappa shape index (κ1) is 28.2. The third-order valence-electron chi connectivity index (χ3n) is 5.41. The Bertz CT molecular complexity index is 1080. The molecule has 9 heteroatoms. The quantitative estimate of drug-likeness (QED) is 0.508. The molecule has 0 saturated carbocycles. The van der Waals surface area contributed by atoms with E-state index in [1.54, 1.807) is 24.3 Å². The molecule has 0 radical (unpaired) electrons. The normalized spacial score (nSPS) is 12.5. The van der Waals surface area contributed by atoms with Gasteiger partial charge in [-0.2, -0.15) is 0 Å². The molecule has 2 rings (SSSR count). The maximum absolute atomic E-state index is 13.6. The molecule has 0 aliphatic carbocycles. The van der Waals surface area contributed by atoms with Crippen LogP contribution < -0.4 is 14.4 Å². The van der Waals surface area contributed by atoms with Gasteiger partial charge in [0.1, 0.15) is 18.3 Å². The minimum Gasteiger partial charge on any atom is -0.497 e. The van der Waals surface area contributed by atoms with Crippen LogP contribution in [0.1, 0.15) is 39.7 Å². The average Bonchev–Trinajstić information content (AvgIpc) is 2.78. The van der Waals surface area contributed by atoms with Gasteiger partial charge in [0, 0.05) is 12.1 Å². The topological polar surface area (TPSA) is 96.0 Å². The van der Waals surface area contributed by atoms with Crippen LogP contribution in [-0.4, -0.2) is 63.2 Å². The van der Waals surface area contributed by atoms with Crippen molar-refractivity contribution >= 4 is 27.5 Å². The van der Waals surface area contributed by atoms with Crippen molar-refractivity contribution in [3.05, 3.63) is 60.2 Å². The Hall–Kier alpha value is -3.07.